The molecule has 0 unspecified atom stereocenters. The summed E-state index contributed by atoms with van der Waals surface area (Å²) in [6.07, 6.45) is 1.60. The van der Waals surface area contributed by atoms with Crippen LogP contribution in [0.1, 0.15) is 5.69 Å². The molecule has 0 fully saturated rings. The fourth-order valence-electron chi connectivity index (χ4n) is 2.09. The van der Waals surface area contributed by atoms with Crippen LogP contribution < -0.4 is 0 Å². The van der Waals surface area contributed by atoms with Crippen LogP contribution in [0.3, 0.4) is 0 Å². The first-order chi connectivity index (χ1) is 11.4. The van der Waals surface area contributed by atoms with E-state index in [2.05, 4.69) is 20.3 Å². The minimum absolute atomic E-state index is 0.616. The Morgan fingerprint density at radius 2 is 1.96 bits per heavy atom. The van der Waals surface area contributed by atoms with Gasteiger partial charge in [0.1, 0.15) is 0 Å². The van der Waals surface area contributed by atoms with E-state index in [1.807, 2.05) is 48.5 Å². The van der Waals surface area contributed by atoms with E-state index in [0.29, 0.717) is 22.4 Å². The molecule has 7 heteroatoms. The van der Waals surface area contributed by atoms with Crippen LogP contribution in [0, 0.1) is 0 Å². The van der Waals surface area contributed by atoms with E-state index in [9.17, 15) is 0 Å². The number of benzene rings is 1. The Labute approximate surface area is 135 Å². The SMILES string of the molecule is c1ccc(-c2nc(SCc3cc(-c4ccco4)on3)n[nH]2)cc1. The number of thioether (sulfide) groups is 1. The predicted octanol–water partition coefficient (Wildman–Crippen LogP) is 4.01. The Hall–Kier alpha value is -2.80. The molecule has 0 radical (unpaired) electrons. The molecule has 3 aromatic heterocycles. The molecule has 0 aliphatic rings. The van der Waals surface area contributed by atoms with Gasteiger partial charge in [-0.05, 0) is 12.1 Å². The van der Waals surface area contributed by atoms with Crippen LogP contribution in [0.4, 0.5) is 0 Å². The second kappa shape index (κ2) is 6.13. The van der Waals surface area contributed by atoms with E-state index in [4.69, 9.17) is 8.94 Å². The number of nitrogens with zero attached hydrogens (tertiary/aromatic N) is 3. The maximum absolute atomic E-state index is 5.28. The van der Waals surface area contributed by atoms with Crippen LogP contribution in [-0.2, 0) is 5.75 Å². The van der Waals surface area contributed by atoms with Gasteiger partial charge in [0.05, 0.1) is 12.0 Å². The second-order valence-corrected chi connectivity index (χ2v) is 5.72. The molecule has 0 bridgehead atoms. The largest absolute Gasteiger partial charge is 0.461 e. The van der Waals surface area contributed by atoms with Crippen LogP contribution in [0.25, 0.3) is 22.9 Å². The van der Waals surface area contributed by atoms with Crippen LogP contribution >= 0.6 is 11.8 Å². The first kappa shape index (κ1) is 13.8. The Balaban J connectivity index is 1.43. The molecular weight excluding hydrogens is 312 g/mol. The number of aromatic nitrogens is 4. The fourth-order valence-corrected chi connectivity index (χ4v) is 2.77. The highest BCUT2D eigenvalue weighted by Gasteiger charge is 2.11. The first-order valence-electron chi connectivity index (χ1n) is 6.98. The number of nitrogens with one attached hydrogen (secondary N) is 1. The molecule has 23 heavy (non-hydrogen) atoms. The molecule has 0 aliphatic heterocycles. The summed E-state index contributed by atoms with van der Waals surface area (Å²) in [7, 11) is 0. The maximum Gasteiger partial charge on any atom is 0.209 e. The Bertz CT molecular complexity index is 884. The van der Waals surface area contributed by atoms with Gasteiger partial charge in [0.2, 0.25) is 10.9 Å². The lowest BCUT2D eigenvalue weighted by atomic mass is 10.2. The van der Waals surface area contributed by atoms with Crippen LogP contribution in [0.2, 0.25) is 0 Å². The Morgan fingerprint density at radius 3 is 2.78 bits per heavy atom. The molecule has 0 atom stereocenters. The molecule has 0 amide bonds. The minimum atomic E-state index is 0.616. The van der Waals surface area contributed by atoms with Crippen molar-refractivity contribution in [3.05, 3.63) is 60.5 Å². The molecule has 0 aliphatic carbocycles. The average molecular weight is 324 g/mol. The molecule has 0 saturated carbocycles. The van der Waals surface area contributed by atoms with Gasteiger partial charge in [-0.3, -0.25) is 5.10 Å². The fraction of sp³-hybridized carbons (Fsp3) is 0.0625. The van der Waals surface area contributed by atoms with Crippen molar-refractivity contribution in [2.75, 3.05) is 0 Å². The van der Waals surface area contributed by atoms with Crippen molar-refractivity contribution in [2.24, 2.45) is 0 Å². The smallest absolute Gasteiger partial charge is 0.209 e. The normalized spacial score (nSPS) is 11.0. The summed E-state index contributed by atoms with van der Waals surface area (Å²) in [6.45, 7) is 0. The standard InChI is InChI=1S/C16H12N4O2S/c1-2-5-11(6-3-1)15-17-16(19-18-15)23-10-12-9-14(22-20-12)13-7-4-8-21-13/h1-9H,10H2,(H,17,18,19). The van der Waals surface area contributed by atoms with Crippen molar-refractivity contribution >= 4 is 11.8 Å². The van der Waals surface area contributed by atoms with Gasteiger partial charge in [0, 0.05) is 17.4 Å². The van der Waals surface area contributed by atoms with Crippen molar-refractivity contribution in [2.45, 2.75) is 10.9 Å². The molecule has 1 aromatic carbocycles. The van der Waals surface area contributed by atoms with Gasteiger partial charge in [-0.25, -0.2) is 4.98 Å². The number of H-pyrrole nitrogens is 1. The lowest BCUT2D eigenvalue weighted by Gasteiger charge is -1.93. The summed E-state index contributed by atoms with van der Waals surface area (Å²) >= 11 is 1.49. The van der Waals surface area contributed by atoms with Crippen molar-refractivity contribution in [1.29, 1.82) is 0 Å². The first-order valence-corrected chi connectivity index (χ1v) is 7.97. The molecule has 3 heterocycles. The monoisotopic (exact) mass is 324 g/mol. The highest BCUT2D eigenvalue weighted by molar-refractivity contribution is 7.98. The molecular formula is C16H12N4O2S. The van der Waals surface area contributed by atoms with Crippen molar-refractivity contribution in [1.82, 2.24) is 20.3 Å². The van der Waals surface area contributed by atoms with E-state index >= 15 is 0 Å². The van der Waals surface area contributed by atoms with Gasteiger partial charge >= 0.3 is 0 Å². The third-order valence-electron chi connectivity index (χ3n) is 3.18. The zero-order chi connectivity index (χ0) is 15.5. The third kappa shape index (κ3) is 3.04. The van der Waals surface area contributed by atoms with Gasteiger partial charge in [-0.1, -0.05) is 47.3 Å². The molecule has 114 valence electrons. The van der Waals surface area contributed by atoms with E-state index in [-0.39, 0.29) is 0 Å². The number of hydrogen-bond donors (Lipinski definition) is 1. The lowest BCUT2D eigenvalue weighted by molar-refractivity contribution is 0.413. The third-order valence-corrected chi connectivity index (χ3v) is 4.07. The molecule has 6 nitrogen and oxygen atoms in total. The number of furan rings is 1. The highest BCUT2D eigenvalue weighted by Crippen LogP contribution is 2.25. The highest BCUT2D eigenvalue weighted by atomic mass is 32.2. The van der Waals surface area contributed by atoms with Gasteiger partial charge < -0.3 is 8.94 Å². The average Bonchev–Trinajstić information content (AvgIpc) is 3.33. The van der Waals surface area contributed by atoms with E-state index < -0.39 is 0 Å². The van der Waals surface area contributed by atoms with Crippen LogP contribution in [0.5, 0.6) is 0 Å². The Morgan fingerprint density at radius 1 is 1.04 bits per heavy atom. The van der Waals surface area contributed by atoms with Crippen LogP contribution in [-0.4, -0.2) is 20.3 Å². The van der Waals surface area contributed by atoms with Gasteiger partial charge in [-0.2, -0.15) is 0 Å². The van der Waals surface area contributed by atoms with Crippen molar-refractivity contribution < 1.29 is 8.94 Å². The summed E-state index contributed by atoms with van der Waals surface area (Å²) in [5, 5.41) is 11.9. The summed E-state index contributed by atoms with van der Waals surface area (Å²) < 4.78 is 10.5. The summed E-state index contributed by atoms with van der Waals surface area (Å²) in [5.41, 5.74) is 1.82. The van der Waals surface area contributed by atoms with Crippen LogP contribution in [0.15, 0.2) is 68.9 Å². The number of hydrogen-bond acceptors (Lipinski definition) is 6. The molecule has 4 aromatic rings. The minimum Gasteiger partial charge on any atom is -0.461 e. The Kier molecular flexibility index (Phi) is 3.69. The zero-order valence-corrected chi connectivity index (χ0v) is 12.8. The van der Waals surface area contributed by atoms with Gasteiger partial charge in [0.25, 0.3) is 0 Å². The molecule has 1 N–H and O–H groups in total. The number of aromatic amines is 1. The van der Waals surface area contributed by atoms with E-state index in [1.54, 1.807) is 6.26 Å². The van der Waals surface area contributed by atoms with E-state index in [0.717, 1.165) is 17.1 Å². The molecule has 0 spiro atoms. The van der Waals surface area contributed by atoms with Gasteiger partial charge in [0.15, 0.2) is 11.6 Å². The van der Waals surface area contributed by atoms with Gasteiger partial charge in [-0.15, -0.1) is 5.10 Å². The predicted molar refractivity (Wildman–Crippen MR) is 85.6 cm³/mol. The quantitative estimate of drug-likeness (QED) is 0.559. The molecule has 4 rings (SSSR count). The summed E-state index contributed by atoms with van der Waals surface area (Å²) in [5.74, 6) is 2.66. The zero-order valence-electron chi connectivity index (χ0n) is 12.0. The van der Waals surface area contributed by atoms with Crippen molar-refractivity contribution in [3.63, 3.8) is 0 Å². The topological polar surface area (TPSA) is 80.7 Å². The lowest BCUT2D eigenvalue weighted by Crippen LogP contribution is -1.81. The maximum atomic E-state index is 5.28. The molecule has 0 saturated heterocycles. The summed E-state index contributed by atoms with van der Waals surface area (Å²) in [6, 6.07) is 15.4. The number of rotatable bonds is 5. The van der Waals surface area contributed by atoms with E-state index in [1.165, 1.54) is 11.8 Å². The summed E-state index contributed by atoms with van der Waals surface area (Å²) in [4.78, 5) is 4.47. The van der Waals surface area contributed by atoms with Crippen molar-refractivity contribution in [3.8, 4) is 22.9 Å². The second-order valence-electron chi connectivity index (χ2n) is 4.78.